The largest absolute Gasteiger partial charge is 0.456 e. The Bertz CT molecular complexity index is 3880. The Hall–Kier alpha value is -8.41. The highest BCUT2D eigenvalue weighted by Gasteiger charge is 2.23. The smallest absolute Gasteiger partial charge is 0.165 e. The van der Waals surface area contributed by atoms with Crippen LogP contribution in [0, 0.1) is 0 Å². The number of nitrogens with zero attached hydrogens (tertiary/aromatic N) is 4. The summed E-state index contributed by atoms with van der Waals surface area (Å²) in [5, 5.41) is 11.4. The minimum atomic E-state index is 0.594. The van der Waals surface area contributed by atoms with Gasteiger partial charge in [0.15, 0.2) is 17.5 Å². The van der Waals surface area contributed by atoms with Gasteiger partial charge in [-0.05, 0) is 92.5 Å². The van der Waals surface area contributed by atoms with Gasteiger partial charge in [-0.25, -0.2) is 15.0 Å². The van der Waals surface area contributed by atoms with E-state index < -0.39 is 0 Å². The van der Waals surface area contributed by atoms with Crippen molar-refractivity contribution in [3.05, 3.63) is 206 Å². The molecular formula is C57H34N4O. The Kier molecular flexibility index (Phi) is 7.54. The van der Waals surface area contributed by atoms with E-state index >= 15 is 0 Å². The third-order valence-electron chi connectivity index (χ3n) is 12.4. The molecule has 3 heterocycles. The van der Waals surface area contributed by atoms with E-state index in [0.29, 0.717) is 17.5 Å². The van der Waals surface area contributed by atoms with Gasteiger partial charge in [-0.15, -0.1) is 0 Å². The Morgan fingerprint density at radius 2 is 0.935 bits per heavy atom. The zero-order valence-corrected chi connectivity index (χ0v) is 33.3. The van der Waals surface area contributed by atoms with Crippen LogP contribution in [0.15, 0.2) is 211 Å². The molecule has 13 rings (SSSR count). The number of hydrogen-bond donors (Lipinski definition) is 0. The van der Waals surface area contributed by atoms with Crippen LogP contribution in [0.2, 0.25) is 0 Å². The second-order valence-corrected chi connectivity index (χ2v) is 15.9. The van der Waals surface area contributed by atoms with Crippen LogP contribution in [0.4, 0.5) is 0 Å². The van der Waals surface area contributed by atoms with Crippen molar-refractivity contribution in [2.24, 2.45) is 0 Å². The SMILES string of the molecule is c1ccc(-c2nc(-c3ccc(-n4c5ccccc5c5cc6ccccc6cc54)c(-c4cccc5oc6ccccc6c45)c3)nc(-c3c4ccccc4cc4ccccc34)n2)cc1. The Balaban J connectivity index is 1.13. The molecule has 288 valence electrons. The first-order valence-corrected chi connectivity index (χ1v) is 20.9. The fourth-order valence-electron chi connectivity index (χ4n) is 9.59. The number of hydrogen-bond acceptors (Lipinski definition) is 4. The molecular weight excluding hydrogens is 757 g/mol. The van der Waals surface area contributed by atoms with Gasteiger partial charge in [-0.2, -0.15) is 0 Å². The first-order valence-electron chi connectivity index (χ1n) is 20.9. The van der Waals surface area contributed by atoms with Crippen molar-refractivity contribution in [1.82, 2.24) is 19.5 Å². The van der Waals surface area contributed by atoms with E-state index in [1.807, 2.05) is 30.3 Å². The molecule has 0 saturated heterocycles. The number of furan rings is 1. The Morgan fingerprint density at radius 1 is 0.339 bits per heavy atom. The molecule has 13 aromatic rings. The van der Waals surface area contributed by atoms with E-state index in [9.17, 15) is 0 Å². The zero-order chi connectivity index (χ0) is 40.7. The minimum Gasteiger partial charge on any atom is -0.456 e. The van der Waals surface area contributed by atoms with Crippen molar-refractivity contribution in [1.29, 1.82) is 0 Å². The molecule has 0 radical (unpaired) electrons. The highest BCUT2D eigenvalue weighted by atomic mass is 16.3. The van der Waals surface area contributed by atoms with Crippen molar-refractivity contribution in [3.63, 3.8) is 0 Å². The molecule has 0 bridgehead atoms. The molecule has 0 unspecified atom stereocenters. The second-order valence-electron chi connectivity index (χ2n) is 15.9. The first-order chi connectivity index (χ1) is 30.7. The maximum atomic E-state index is 6.51. The molecule has 62 heavy (non-hydrogen) atoms. The highest BCUT2D eigenvalue weighted by molar-refractivity contribution is 6.17. The molecule has 0 saturated carbocycles. The lowest BCUT2D eigenvalue weighted by molar-refractivity contribution is 0.669. The molecule has 5 nitrogen and oxygen atoms in total. The average Bonchev–Trinajstić information content (AvgIpc) is 3.88. The minimum absolute atomic E-state index is 0.594. The van der Waals surface area contributed by atoms with E-state index in [-0.39, 0.29) is 0 Å². The van der Waals surface area contributed by atoms with E-state index in [1.54, 1.807) is 0 Å². The third kappa shape index (κ3) is 5.32. The predicted molar refractivity (Wildman–Crippen MR) is 256 cm³/mol. The van der Waals surface area contributed by atoms with Crippen LogP contribution >= 0.6 is 0 Å². The molecule has 0 aliphatic rings. The number of benzene rings is 10. The van der Waals surface area contributed by atoms with Crippen LogP contribution in [-0.4, -0.2) is 19.5 Å². The standard InChI is InChI=1S/C57H34N4O/c1-2-15-35(16-3-1)55-58-56(60-57(59-55)54-41-21-8-6-19-38(41)31-39-20-7-9-22-42(39)54)40-29-30-49(47(33-40)44-25-14-28-52-53(44)45-24-11-13-27-51(45)62-52)61-48-26-12-10-23-43(48)46-32-36-17-4-5-18-37(36)34-50(46)61/h1-34H. The molecule has 0 aliphatic carbocycles. The number of fused-ring (bicyclic) bond motifs is 9. The van der Waals surface area contributed by atoms with Crippen molar-refractivity contribution in [2.75, 3.05) is 0 Å². The van der Waals surface area contributed by atoms with Crippen LogP contribution < -0.4 is 0 Å². The van der Waals surface area contributed by atoms with Gasteiger partial charge >= 0.3 is 0 Å². The number of para-hydroxylation sites is 2. The van der Waals surface area contributed by atoms with E-state index in [0.717, 1.165) is 88.0 Å². The van der Waals surface area contributed by atoms with E-state index in [2.05, 4.69) is 180 Å². The molecule has 0 amide bonds. The van der Waals surface area contributed by atoms with Crippen molar-refractivity contribution >= 4 is 76.1 Å². The van der Waals surface area contributed by atoms with Crippen LogP contribution in [-0.2, 0) is 0 Å². The zero-order valence-electron chi connectivity index (χ0n) is 33.3. The van der Waals surface area contributed by atoms with Gasteiger partial charge in [0, 0.05) is 43.8 Å². The first kappa shape index (κ1) is 34.5. The molecule has 5 heteroatoms. The topological polar surface area (TPSA) is 56.7 Å². The Labute approximate surface area is 355 Å². The van der Waals surface area contributed by atoms with Gasteiger partial charge in [0.1, 0.15) is 11.2 Å². The lowest BCUT2D eigenvalue weighted by Crippen LogP contribution is -2.02. The number of aromatic nitrogens is 4. The molecule has 0 spiro atoms. The third-order valence-corrected chi connectivity index (χ3v) is 12.4. The van der Waals surface area contributed by atoms with Gasteiger partial charge in [-0.1, -0.05) is 152 Å². The summed E-state index contributed by atoms with van der Waals surface area (Å²) in [7, 11) is 0. The van der Waals surface area contributed by atoms with Gasteiger partial charge in [0.2, 0.25) is 0 Å². The summed E-state index contributed by atoms with van der Waals surface area (Å²) in [5.74, 6) is 1.84. The summed E-state index contributed by atoms with van der Waals surface area (Å²) < 4.78 is 8.93. The normalized spacial score (nSPS) is 11.9. The summed E-state index contributed by atoms with van der Waals surface area (Å²) in [6.07, 6.45) is 0. The summed E-state index contributed by atoms with van der Waals surface area (Å²) in [4.78, 5) is 16.0. The predicted octanol–water partition coefficient (Wildman–Crippen LogP) is 15.0. The van der Waals surface area contributed by atoms with Gasteiger partial charge < -0.3 is 8.98 Å². The molecule has 0 fully saturated rings. The van der Waals surface area contributed by atoms with Crippen LogP contribution in [0.25, 0.3) is 127 Å². The lowest BCUT2D eigenvalue weighted by Gasteiger charge is -2.17. The van der Waals surface area contributed by atoms with Crippen molar-refractivity contribution in [3.8, 4) is 51.0 Å². The van der Waals surface area contributed by atoms with E-state index in [1.165, 1.54) is 21.5 Å². The quantitative estimate of drug-likeness (QED) is 0.163. The molecule has 0 aliphatic heterocycles. The van der Waals surface area contributed by atoms with E-state index in [4.69, 9.17) is 19.4 Å². The van der Waals surface area contributed by atoms with Crippen LogP contribution in [0.5, 0.6) is 0 Å². The van der Waals surface area contributed by atoms with Crippen molar-refractivity contribution in [2.45, 2.75) is 0 Å². The highest BCUT2D eigenvalue weighted by Crippen LogP contribution is 2.44. The molecule has 10 aromatic carbocycles. The monoisotopic (exact) mass is 790 g/mol. The molecule has 0 atom stereocenters. The van der Waals surface area contributed by atoms with Gasteiger partial charge in [0.05, 0.1) is 16.7 Å². The van der Waals surface area contributed by atoms with Crippen molar-refractivity contribution < 1.29 is 4.42 Å². The summed E-state index contributed by atoms with van der Waals surface area (Å²) in [5.41, 5.74) is 9.90. The lowest BCUT2D eigenvalue weighted by atomic mass is 9.95. The summed E-state index contributed by atoms with van der Waals surface area (Å²) in [6.45, 7) is 0. The van der Waals surface area contributed by atoms with Crippen LogP contribution in [0.3, 0.4) is 0 Å². The fourth-order valence-corrected chi connectivity index (χ4v) is 9.59. The van der Waals surface area contributed by atoms with Gasteiger partial charge in [-0.3, -0.25) is 0 Å². The summed E-state index contributed by atoms with van der Waals surface area (Å²) in [6, 6.07) is 72.8. The molecule has 0 N–H and O–H groups in total. The fraction of sp³-hybridized carbons (Fsp3) is 0. The molecule has 3 aromatic heterocycles. The summed E-state index contributed by atoms with van der Waals surface area (Å²) >= 11 is 0. The maximum absolute atomic E-state index is 6.51. The van der Waals surface area contributed by atoms with Gasteiger partial charge in [0.25, 0.3) is 0 Å². The number of rotatable bonds is 5. The Morgan fingerprint density at radius 3 is 1.71 bits per heavy atom. The van der Waals surface area contributed by atoms with Crippen LogP contribution in [0.1, 0.15) is 0 Å². The maximum Gasteiger partial charge on any atom is 0.165 e. The second kappa shape index (κ2) is 13.6. The average molecular weight is 791 g/mol.